The molecule has 0 saturated heterocycles. The Morgan fingerprint density at radius 2 is 1.90 bits per heavy atom. The van der Waals surface area contributed by atoms with Gasteiger partial charge in [-0.2, -0.15) is 0 Å². The van der Waals surface area contributed by atoms with Gasteiger partial charge in [-0.3, -0.25) is 9.59 Å². The molecule has 0 spiro atoms. The third-order valence-electron chi connectivity index (χ3n) is 0.649. The third kappa shape index (κ3) is 3.01. The second-order valence-corrected chi connectivity index (χ2v) is 1.51. The van der Waals surface area contributed by atoms with E-state index in [0.717, 1.165) is 6.92 Å². The minimum Gasteiger partial charge on any atom is -0.387 e. The Kier molecular flexibility index (Phi) is 3.39. The summed E-state index contributed by atoms with van der Waals surface area (Å²) < 4.78 is 3.90. The van der Waals surface area contributed by atoms with Gasteiger partial charge < -0.3 is 4.74 Å². The standard InChI is InChI=1S/C5H5BO4/c1-3(7)10-5(9)4(8)2-6/h2H2,1H3. The Labute approximate surface area is 58.9 Å². The lowest BCUT2D eigenvalue weighted by molar-refractivity contribution is -0.162. The normalized spacial score (nSPS) is 8.50. The van der Waals surface area contributed by atoms with Gasteiger partial charge in [0.05, 0.1) is 7.85 Å². The lowest BCUT2D eigenvalue weighted by Crippen LogP contribution is -2.18. The molecule has 0 heterocycles. The summed E-state index contributed by atoms with van der Waals surface area (Å²) in [4.78, 5) is 30.6. The molecule has 0 aliphatic rings. The number of Topliss-reactive ketones (excluding diaryl/α,β-unsaturated/α-hetero) is 1. The van der Waals surface area contributed by atoms with E-state index >= 15 is 0 Å². The summed E-state index contributed by atoms with van der Waals surface area (Å²) in [5, 5.41) is 0. The summed E-state index contributed by atoms with van der Waals surface area (Å²) in [6, 6.07) is 0. The Balaban J connectivity index is 3.86. The van der Waals surface area contributed by atoms with E-state index in [1.54, 1.807) is 0 Å². The van der Waals surface area contributed by atoms with Crippen molar-refractivity contribution in [3.63, 3.8) is 0 Å². The van der Waals surface area contributed by atoms with Crippen LogP contribution >= 0.6 is 0 Å². The molecular weight excluding hydrogens is 135 g/mol. The molecule has 0 bridgehead atoms. The summed E-state index contributed by atoms with van der Waals surface area (Å²) in [5.41, 5.74) is 0. The molecule has 5 heteroatoms. The topological polar surface area (TPSA) is 60.4 Å². The van der Waals surface area contributed by atoms with Crippen molar-refractivity contribution in [2.75, 3.05) is 0 Å². The molecule has 0 saturated carbocycles. The van der Waals surface area contributed by atoms with Crippen molar-refractivity contribution in [2.45, 2.75) is 13.2 Å². The quantitative estimate of drug-likeness (QED) is 0.218. The van der Waals surface area contributed by atoms with Gasteiger partial charge in [-0.15, -0.1) is 0 Å². The molecule has 10 heavy (non-hydrogen) atoms. The van der Waals surface area contributed by atoms with Crippen molar-refractivity contribution in [1.29, 1.82) is 0 Å². The van der Waals surface area contributed by atoms with Crippen molar-refractivity contribution in [3.8, 4) is 0 Å². The molecule has 0 aromatic rings. The van der Waals surface area contributed by atoms with E-state index in [1.165, 1.54) is 0 Å². The highest BCUT2D eigenvalue weighted by molar-refractivity contribution is 6.43. The van der Waals surface area contributed by atoms with Crippen LogP contribution in [-0.4, -0.2) is 25.6 Å². The number of carbonyl (C=O) groups is 3. The van der Waals surface area contributed by atoms with Crippen molar-refractivity contribution < 1.29 is 19.1 Å². The lowest BCUT2D eigenvalue weighted by Gasteiger charge is -1.94. The maximum absolute atomic E-state index is 10.3. The molecule has 0 aliphatic heterocycles. The van der Waals surface area contributed by atoms with Crippen LogP contribution in [0.5, 0.6) is 0 Å². The van der Waals surface area contributed by atoms with Crippen molar-refractivity contribution >= 4 is 25.6 Å². The molecule has 0 rings (SSSR count). The maximum Gasteiger partial charge on any atom is 0.381 e. The van der Waals surface area contributed by atoms with Gasteiger partial charge in [0.2, 0.25) is 5.78 Å². The zero-order chi connectivity index (χ0) is 8.15. The van der Waals surface area contributed by atoms with Gasteiger partial charge in [-0.1, -0.05) is 0 Å². The fraction of sp³-hybridized carbons (Fsp3) is 0.400. The first-order valence-corrected chi connectivity index (χ1v) is 2.53. The number of ketones is 1. The summed E-state index contributed by atoms with van der Waals surface area (Å²) in [6.45, 7) is 1.03. The molecule has 0 aromatic carbocycles. The number of esters is 2. The van der Waals surface area contributed by atoms with Crippen LogP contribution in [0.2, 0.25) is 6.32 Å². The van der Waals surface area contributed by atoms with Crippen LogP contribution in [0.25, 0.3) is 0 Å². The van der Waals surface area contributed by atoms with Gasteiger partial charge in [0.1, 0.15) is 0 Å². The Bertz CT molecular complexity index is 174. The van der Waals surface area contributed by atoms with E-state index in [-0.39, 0.29) is 0 Å². The van der Waals surface area contributed by atoms with Crippen molar-refractivity contribution in [2.24, 2.45) is 0 Å². The molecule has 4 nitrogen and oxygen atoms in total. The highest BCUT2D eigenvalue weighted by Gasteiger charge is 2.13. The maximum atomic E-state index is 10.3. The molecular formula is C5H5BO4. The van der Waals surface area contributed by atoms with Gasteiger partial charge in [0.25, 0.3) is 0 Å². The number of carbonyl (C=O) groups excluding carboxylic acids is 3. The first-order chi connectivity index (χ1) is 4.57. The van der Waals surface area contributed by atoms with Crippen LogP contribution < -0.4 is 0 Å². The minimum absolute atomic E-state index is 0.438. The van der Waals surface area contributed by atoms with E-state index in [2.05, 4.69) is 4.74 Å². The van der Waals surface area contributed by atoms with Crippen LogP contribution in [0.4, 0.5) is 0 Å². The first-order valence-electron chi connectivity index (χ1n) is 2.53. The van der Waals surface area contributed by atoms with E-state index < -0.39 is 24.0 Å². The summed E-state index contributed by atoms with van der Waals surface area (Å²) in [6.07, 6.45) is -0.438. The molecule has 0 fully saturated rings. The molecule has 0 unspecified atom stereocenters. The zero-order valence-corrected chi connectivity index (χ0v) is 5.42. The molecule has 0 atom stereocenters. The molecule has 0 amide bonds. The van der Waals surface area contributed by atoms with E-state index in [9.17, 15) is 14.4 Å². The Morgan fingerprint density at radius 3 is 2.20 bits per heavy atom. The van der Waals surface area contributed by atoms with Crippen LogP contribution in [0, 0.1) is 0 Å². The predicted octanol–water partition coefficient (Wildman–Crippen LogP) is -0.768. The average molecular weight is 140 g/mol. The first kappa shape index (κ1) is 8.87. The minimum atomic E-state index is -1.20. The molecule has 0 aliphatic carbocycles. The van der Waals surface area contributed by atoms with Crippen LogP contribution in [0.3, 0.4) is 0 Å². The van der Waals surface area contributed by atoms with E-state index in [0.29, 0.717) is 0 Å². The largest absolute Gasteiger partial charge is 0.387 e. The second-order valence-electron chi connectivity index (χ2n) is 1.51. The van der Waals surface area contributed by atoms with E-state index in [1.807, 2.05) is 0 Å². The van der Waals surface area contributed by atoms with Gasteiger partial charge in [0, 0.05) is 6.92 Å². The monoisotopic (exact) mass is 140 g/mol. The Hall–Kier alpha value is -1.13. The number of ether oxygens (including phenoxy) is 1. The van der Waals surface area contributed by atoms with Gasteiger partial charge in [-0.05, 0) is 6.32 Å². The number of hydrogen-bond acceptors (Lipinski definition) is 4. The SMILES string of the molecule is [B]CC(=O)C(=O)OC(C)=O. The fourth-order valence-corrected chi connectivity index (χ4v) is 0.271. The highest BCUT2D eigenvalue weighted by Crippen LogP contribution is 1.85. The zero-order valence-electron chi connectivity index (χ0n) is 5.42. The number of hydrogen-bond donors (Lipinski definition) is 0. The smallest absolute Gasteiger partial charge is 0.381 e. The molecule has 52 valence electrons. The molecule has 0 N–H and O–H groups in total. The van der Waals surface area contributed by atoms with Crippen LogP contribution in [0.1, 0.15) is 6.92 Å². The second kappa shape index (κ2) is 3.82. The third-order valence-corrected chi connectivity index (χ3v) is 0.649. The number of rotatable bonds is 2. The fourth-order valence-electron chi connectivity index (χ4n) is 0.271. The van der Waals surface area contributed by atoms with Crippen molar-refractivity contribution in [1.82, 2.24) is 0 Å². The van der Waals surface area contributed by atoms with Crippen molar-refractivity contribution in [3.05, 3.63) is 0 Å². The molecule has 0 aromatic heterocycles. The van der Waals surface area contributed by atoms with Crippen LogP contribution in [0.15, 0.2) is 0 Å². The van der Waals surface area contributed by atoms with Crippen LogP contribution in [-0.2, 0) is 19.1 Å². The van der Waals surface area contributed by atoms with Gasteiger partial charge in [-0.25, -0.2) is 4.79 Å². The predicted molar refractivity (Wildman–Crippen MR) is 32.3 cm³/mol. The average Bonchev–Trinajstić information content (AvgIpc) is 1.85. The highest BCUT2D eigenvalue weighted by atomic mass is 16.6. The summed E-state index contributed by atoms with van der Waals surface area (Å²) in [5.74, 6) is -2.92. The summed E-state index contributed by atoms with van der Waals surface area (Å²) >= 11 is 0. The Morgan fingerprint density at radius 1 is 1.40 bits per heavy atom. The van der Waals surface area contributed by atoms with Gasteiger partial charge >= 0.3 is 11.9 Å². The van der Waals surface area contributed by atoms with E-state index in [4.69, 9.17) is 7.85 Å². The summed E-state index contributed by atoms with van der Waals surface area (Å²) in [7, 11) is 4.79. The van der Waals surface area contributed by atoms with Gasteiger partial charge in [0.15, 0.2) is 0 Å². The lowest BCUT2D eigenvalue weighted by atomic mass is 10.0. The molecule has 2 radical (unpaired) electrons.